The summed E-state index contributed by atoms with van der Waals surface area (Å²) in [7, 11) is 0. The van der Waals surface area contributed by atoms with Crippen LogP contribution in [0.15, 0.2) is 50.6 Å². The largest absolute Gasteiger partial charge is 0.446 e. The quantitative estimate of drug-likeness (QED) is 0.598. The summed E-state index contributed by atoms with van der Waals surface area (Å²) >= 11 is 4.86. The monoisotopic (exact) mass is 381 g/mol. The first kappa shape index (κ1) is 15.3. The minimum absolute atomic E-state index is 0.226. The summed E-state index contributed by atoms with van der Waals surface area (Å²) in [4.78, 5) is 0. The van der Waals surface area contributed by atoms with Gasteiger partial charge in [-0.05, 0) is 52.7 Å². The lowest BCUT2D eigenvalue weighted by Gasteiger charge is -2.05. The van der Waals surface area contributed by atoms with Crippen molar-refractivity contribution < 1.29 is 8.81 Å². The number of aromatic nitrogens is 3. The highest BCUT2D eigenvalue weighted by Crippen LogP contribution is 2.28. The highest BCUT2D eigenvalue weighted by Gasteiger charge is 2.16. The van der Waals surface area contributed by atoms with E-state index < -0.39 is 0 Å². The molecule has 0 atom stereocenters. The third kappa shape index (κ3) is 3.25. The second kappa shape index (κ2) is 6.66. The number of halogens is 2. The van der Waals surface area contributed by atoms with Gasteiger partial charge in [-0.3, -0.25) is 4.57 Å². The number of rotatable bonds is 5. The minimum Gasteiger partial charge on any atom is -0.446 e. The maximum atomic E-state index is 12.9. The van der Waals surface area contributed by atoms with Crippen molar-refractivity contribution in [2.75, 3.05) is 0 Å². The summed E-state index contributed by atoms with van der Waals surface area (Å²) in [5, 5.41) is 9.26. The first-order valence-corrected chi connectivity index (χ1v) is 8.51. The molecule has 0 aliphatic heterocycles. The molecule has 4 nitrogen and oxygen atoms in total. The van der Waals surface area contributed by atoms with Gasteiger partial charge in [-0.15, -0.1) is 10.2 Å². The molecule has 0 amide bonds. The second-order valence-electron chi connectivity index (χ2n) is 4.57. The van der Waals surface area contributed by atoms with Crippen LogP contribution in [0, 0.1) is 5.82 Å². The molecule has 7 heteroatoms. The average Bonchev–Trinajstić information content (AvgIpc) is 3.12. The second-order valence-corrected chi connectivity index (χ2v) is 6.29. The van der Waals surface area contributed by atoms with Crippen molar-refractivity contribution >= 4 is 27.7 Å². The summed E-state index contributed by atoms with van der Waals surface area (Å²) in [6.07, 6.45) is 0. The summed E-state index contributed by atoms with van der Waals surface area (Å²) in [6.45, 7) is 2.78. The summed E-state index contributed by atoms with van der Waals surface area (Å²) in [6, 6.07) is 10.2. The van der Waals surface area contributed by atoms with Crippen LogP contribution in [0.25, 0.3) is 11.6 Å². The zero-order valence-electron chi connectivity index (χ0n) is 11.8. The molecule has 0 spiro atoms. The topological polar surface area (TPSA) is 43.9 Å². The Morgan fingerprint density at radius 2 is 1.95 bits per heavy atom. The Morgan fingerprint density at radius 1 is 1.18 bits per heavy atom. The summed E-state index contributed by atoms with van der Waals surface area (Å²) < 4.78 is 21.1. The van der Waals surface area contributed by atoms with Crippen molar-refractivity contribution in [3.8, 4) is 11.6 Å². The highest BCUT2D eigenvalue weighted by atomic mass is 79.9. The molecule has 0 fully saturated rings. The van der Waals surface area contributed by atoms with E-state index in [0.29, 0.717) is 22.0 Å². The van der Waals surface area contributed by atoms with E-state index in [2.05, 4.69) is 26.1 Å². The third-order valence-electron chi connectivity index (χ3n) is 3.11. The normalized spacial score (nSPS) is 11.0. The maximum absolute atomic E-state index is 12.9. The van der Waals surface area contributed by atoms with Gasteiger partial charge in [0.2, 0.25) is 5.82 Å². The molecule has 1 aromatic carbocycles. The minimum atomic E-state index is -0.226. The predicted octanol–water partition coefficient (Wildman–Crippen LogP) is 4.75. The van der Waals surface area contributed by atoms with E-state index in [1.807, 2.05) is 23.6 Å². The Kier molecular flexibility index (Phi) is 4.63. The molecule has 2 heterocycles. The Hall–Kier alpha value is -1.60. The molecule has 0 aliphatic rings. The fourth-order valence-corrected chi connectivity index (χ4v) is 3.29. The van der Waals surface area contributed by atoms with Crippen molar-refractivity contribution in [3.63, 3.8) is 0 Å². The van der Waals surface area contributed by atoms with E-state index in [1.54, 1.807) is 23.9 Å². The van der Waals surface area contributed by atoms with Gasteiger partial charge in [0.15, 0.2) is 15.6 Å². The Labute approximate surface area is 139 Å². The zero-order valence-corrected chi connectivity index (χ0v) is 14.2. The van der Waals surface area contributed by atoms with Gasteiger partial charge in [0.25, 0.3) is 0 Å². The molecule has 2 aromatic heterocycles. The fraction of sp³-hybridized carbons (Fsp3) is 0.200. The molecule has 0 unspecified atom stereocenters. The van der Waals surface area contributed by atoms with Gasteiger partial charge in [0, 0.05) is 12.3 Å². The first-order chi connectivity index (χ1) is 10.7. The lowest BCUT2D eigenvalue weighted by molar-refractivity contribution is 0.543. The number of thioether (sulfide) groups is 1. The van der Waals surface area contributed by atoms with Gasteiger partial charge in [0.05, 0.1) is 0 Å². The van der Waals surface area contributed by atoms with Crippen molar-refractivity contribution in [3.05, 3.63) is 52.4 Å². The average molecular weight is 382 g/mol. The highest BCUT2D eigenvalue weighted by molar-refractivity contribution is 9.10. The molecule has 0 bridgehead atoms. The standard InChI is InChI=1S/C15H13BrFN3OS/c1-2-20-14(12-7-8-13(16)21-12)18-19-15(20)22-9-10-3-5-11(17)6-4-10/h3-8H,2,9H2,1H3. The number of hydrogen-bond acceptors (Lipinski definition) is 4. The molecule has 0 N–H and O–H groups in total. The van der Waals surface area contributed by atoms with E-state index >= 15 is 0 Å². The lowest BCUT2D eigenvalue weighted by Crippen LogP contribution is -1.99. The van der Waals surface area contributed by atoms with Gasteiger partial charge in [-0.2, -0.15) is 0 Å². The summed E-state index contributed by atoms with van der Waals surface area (Å²) in [5.74, 6) is 1.86. The number of benzene rings is 1. The van der Waals surface area contributed by atoms with Crippen LogP contribution in [0.3, 0.4) is 0 Å². The van der Waals surface area contributed by atoms with E-state index in [-0.39, 0.29) is 5.82 Å². The molecular weight excluding hydrogens is 369 g/mol. The van der Waals surface area contributed by atoms with Gasteiger partial charge in [-0.25, -0.2) is 4.39 Å². The summed E-state index contributed by atoms with van der Waals surface area (Å²) in [5.41, 5.74) is 1.04. The fourth-order valence-electron chi connectivity index (χ4n) is 2.03. The zero-order chi connectivity index (χ0) is 15.5. The molecule has 0 radical (unpaired) electrons. The van der Waals surface area contributed by atoms with Crippen LogP contribution in [-0.2, 0) is 12.3 Å². The first-order valence-electron chi connectivity index (χ1n) is 6.73. The smallest absolute Gasteiger partial charge is 0.200 e. The van der Waals surface area contributed by atoms with Crippen molar-refractivity contribution in [1.29, 1.82) is 0 Å². The number of furan rings is 1. The van der Waals surface area contributed by atoms with Crippen molar-refractivity contribution in [1.82, 2.24) is 14.8 Å². The Balaban J connectivity index is 1.79. The van der Waals surface area contributed by atoms with Crippen molar-refractivity contribution in [2.45, 2.75) is 24.4 Å². The van der Waals surface area contributed by atoms with E-state index in [1.165, 1.54) is 12.1 Å². The SMILES string of the molecule is CCn1c(SCc2ccc(F)cc2)nnc1-c1ccc(Br)o1. The van der Waals surface area contributed by atoms with Crippen LogP contribution < -0.4 is 0 Å². The van der Waals surface area contributed by atoms with E-state index in [9.17, 15) is 4.39 Å². The molecule has 114 valence electrons. The van der Waals surface area contributed by atoms with Gasteiger partial charge < -0.3 is 4.42 Å². The Bertz CT molecular complexity index is 769. The van der Waals surface area contributed by atoms with Crippen LogP contribution in [-0.4, -0.2) is 14.8 Å². The van der Waals surface area contributed by atoms with Crippen molar-refractivity contribution in [2.24, 2.45) is 0 Å². The van der Waals surface area contributed by atoms with Gasteiger partial charge in [-0.1, -0.05) is 23.9 Å². The molecule has 3 aromatic rings. The lowest BCUT2D eigenvalue weighted by atomic mass is 10.2. The van der Waals surface area contributed by atoms with Crippen LogP contribution >= 0.6 is 27.7 Å². The third-order valence-corrected chi connectivity index (χ3v) is 4.57. The van der Waals surface area contributed by atoms with Gasteiger partial charge in [0.1, 0.15) is 5.82 Å². The van der Waals surface area contributed by atoms with Crippen LogP contribution in [0.4, 0.5) is 4.39 Å². The molecule has 0 aliphatic carbocycles. The molecular formula is C15H13BrFN3OS. The van der Waals surface area contributed by atoms with Crippen LogP contribution in [0.2, 0.25) is 0 Å². The molecule has 3 rings (SSSR count). The number of hydrogen-bond donors (Lipinski definition) is 0. The predicted molar refractivity (Wildman–Crippen MR) is 87.1 cm³/mol. The molecule has 22 heavy (non-hydrogen) atoms. The van der Waals surface area contributed by atoms with Gasteiger partial charge >= 0.3 is 0 Å². The van der Waals surface area contributed by atoms with E-state index in [4.69, 9.17) is 4.42 Å². The van der Waals surface area contributed by atoms with E-state index in [0.717, 1.165) is 17.3 Å². The molecule has 0 saturated heterocycles. The van der Waals surface area contributed by atoms with Crippen LogP contribution in [0.5, 0.6) is 0 Å². The maximum Gasteiger partial charge on any atom is 0.200 e. The Morgan fingerprint density at radius 3 is 2.59 bits per heavy atom. The van der Waals surface area contributed by atoms with Crippen LogP contribution in [0.1, 0.15) is 12.5 Å². The number of nitrogens with zero attached hydrogens (tertiary/aromatic N) is 3. The molecule has 0 saturated carbocycles.